The standard InChI is InChI=1S/C24H26F6N4O/c1-14-9-20(24(28,29)30)31-12-19(14)34-13-22(32-21(34)35)8-7-17(18(11-22)33(2)3)15-5-4-6-16(10-15)23(25,26)27/h4-6,9-10,12,17-18H,7-8,11,13H2,1-3H3,(H,32,35)/t17-,18-,22?/m1/s1. The number of rotatable bonds is 3. The number of hydrogen-bond donors (Lipinski definition) is 1. The smallest absolute Gasteiger partial charge is 0.330 e. The molecule has 35 heavy (non-hydrogen) atoms. The van der Waals surface area contributed by atoms with Crippen molar-refractivity contribution in [1.82, 2.24) is 15.2 Å². The normalized spacial score (nSPS) is 25.4. The van der Waals surface area contributed by atoms with E-state index in [-0.39, 0.29) is 24.1 Å². The number of carbonyl (C=O) groups is 1. The van der Waals surface area contributed by atoms with Gasteiger partial charge in [-0.15, -0.1) is 0 Å². The molecule has 1 saturated carbocycles. The van der Waals surface area contributed by atoms with Gasteiger partial charge in [0.25, 0.3) is 0 Å². The van der Waals surface area contributed by atoms with Gasteiger partial charge in [-0.05, 0) is 69.5 Å². The van der Waals surface area contributed by atoms with Crippen molar-refractivity contribution in [1.29, 1.82) is 0 Å². The molecule has 2 aromatic rings. The molecule has 190 valence electrons. The van der Waals surface area contributed by atoms with Crippen molar-refractivity contribution >= 4 is 11.7 Å². The van der Waals surface area contributed by atoms with Crippen LogP contribution in [0.2, 0.25) is 0 Å². The molecule has 4 rings (SSSR count). The number of nitrogens with one attached hydrogen (secondary N) is 1. The monoisotopic (exact) mass is 500 g/mol. The number of aryl methyl sites for hydroxylation is 1. The average Bonchev–Trinajstić information content (AvgIpc) is 3.07. The molecule has 11 heteroatoms. The fraction of sp³-hybridized carbons (Fsp3) is 0.500. The van der Waals surface area contributed by atoms with Crippen LogP contribution in [0.15, 0.2) is 36.5 Å². The molecule has 2 aliphatic rings. The Hall–Kier alpha value is -2.82. The lowest BCUT2D eigenvalue weighted by molar-refractivity contribution is -0.141. The van der Waals surface area contributed by atoms with Crippen molar-refractivity contribution in [3.8, 4) is 0 Å². The molecule has 1 saturated heterocycles. The van der Waals surface area contributed by atoms with Crippen molar-refractivity contribution in [3.05, 3.63) is 58.9 Å². The Labute approximate surface area is 199 Å². The minimum atomic E-state index is -4.58. The number of nitrogens with zero attached hydrogens (tertiary/aromatic N) is 3. The highest BCUT2D eigenvalue weighted by Crippen LogP contribution is 2.44. The topological polar surface area (TPSA) is 48.5 Å². The van der Waals surface area contributed by atoms with E-state index in [4.69, 9.17) is 0 Å². The maximum absolute atomic E-state index is 13.3. The molecule has 2 amide bonds. The zero-order chi connectivity index (χ0) is 25.8. The number of benzene rings is 1. The van der Waals surface area contributed by atoms with Crippen LogP contribution >= 0.6 is 0 Å². The van der Waals surface area contributed by atoms with Crippen molar-refractivity contribution in [2.45, 2.75) is 56.0 Å². The Morgan fingerprint density at radius 3 is 2.43 bits per heavy atom. The summed E-state index contributed by atoms with van der Waals surface area (Å²) in [7, 11) is 3.70. The van der Waals surface area contributed by atoms with E-state index in [2.05, 4.69) is 10.3 Å². The summed E-state index contributed by atoms with van der Waals surface area (Å²) in [6.07, 6.45) is -6.41. The Morgan fingerprint density at radius 1 is 1.11 bits per heavy atom. The second-order valence-corrected chi connectivity index (χ2v) is 9.65. The fourth-order valence-electron chi connectivity index (χ4n) is 5.29. The number of amides is 2. The lowest BCUT2D eigenvalue weighted by Crippen LogP contribution is -2.54. The molecule has 2 heterocycles. The zero-order valence-corrected chi connectivity index (χ0v) is 19.5. The number of pyridine rings is 1. The maximum atomic E-state index is 13.3. The van der Waals surface area contributed by atoms with E-state index in [9.17, 15) is 31.1 Å². The van der Waals surface area contributed by atoms with Crippen LogP contribution in [0, 0.1) is 6.92 Å². The molecule has 1 aromatic heterocycles. The molecule has 2 fully saturated rings. The van der Waals surface area contributed by atoms with Crippen molar-refractivity contribution in [3.63, 3.8) is 0 Å². The van der Waals surface area contributed by atoms with Crippen LogP contribution in [-0.2, 0) is 12.4 Å². The van der Waals surface area contributed by atoms with Crippen LogP contribution in [0.1, 0.15) is 47.6 Å². The van der Waals surface area contributed by atoms with Gasteiger partial charge in [0.1, 0.15) is 5.69 Å². The molecule has 1 spiro atoms. The summed E-state index contributed by atoms with van der Waals surface area (Å²) in [5.74, 6) is -0.168. The largest absolute Gasteiger partial charge is 0.433 e. The zero-order valence-electron chi connectivity index (χ0n) is 19.5. The van der Waals surface area contributed by atoms with Gasteiger partial charge >= 0.3 is 18.4 Å². The second kappa shape index (κ2) is 8.69. The van der Waals surface area contributed by atoms with E-state index >= 15 is 0 Å². The van der Waals surface area contributed by atoms with Gasteiger partial charge in [0.15, 0.2) is 0 Å². The van der Waals surface area contributed by atoms with Gasteiger partial charge in [-0.1, -0.05) is 18.2 Å². The fourth-order valence-corrected chi connectivity index (χ4v) is 5.29. The summed E-state index contributed by atoms with van der Waals surface area (Å²) in [6.45, 7) is 1.73. The first-order valence-electron chi connectivity index (χ1n) is 11.2. The maximum Gasteiger partial charge on any atom is 0.433 e. The highest BCUT2D eigenvalue weighted by molar-refractivity contribution is 5.96. The van der Waals surface area contributed by atoms with Gasteiger partial charge in [0.05, 0.1) is 29.5 Å². The molecular formula is C24H26F6N4O. The van der Waals surface area contributed by atoms with Gasteiger partial charge in [0.2, 0.25) is 0 Å². The number of alkyl halides is 6. The van der Waals surface area contributed by atoms with Crippen LogP contribution in [0.5, 0.6) is 0 Å². The highest BCUT2D eigenvalue weighted by Gasteiger charge is 2.49. The Kier molecular flexibility index (Phi) is 6.27. The first kappa shape index (κ1) is 25.3. The van der Waals surface area contributed by atoms with Crippen molar-refractivity contribution in [2.75, 3.05) is 25.5 Å². The van der Waals surface area contributed by atoms with E-state index in [1.54, 1.807) is 6.07 Å². The number of hydrogen-bond acceptors (Lipinski definition) is 3. The Bertz CT molecular complexity index is 1120. The van der Waals surface area contributed by atoms with E-state index in [0.717, 1.165) is 18.3 Å². The summed E-state index contributed by atoms with van der Waals surface area (Å²) < 4.78 is 78.8. The third-order valence-electron chi connectivity index (χ3n) is 7.05. The minimum absolute atomic E-state index is 0.153. The van der Waals surface area contributed by atoms with E-state index in [0.29, 0.717) is 30.5 Å². The van der Waals surface area contributed by atoms with Crippen molar-refractivity contribution < 1.29 is 31.1 Å². The Morgan fingerprint density at radius 2 is 1.83 bits per heavy atom. The van der Waals surface area contributed by atoms with Gasteiger partial charge < -0.3 is 10.2 Å². The van der Waals surface area contributed by atoms with Crippen LogP contribution in [-0.4, -0.2) is 48.1 Å². The predicted octanol–water partition coefficient (Wildman–Crippen LogP) is 5.59. The Balaban J connectivity index is 1.58. The summed E-state index contributed by atoms with van der Waals surface area (Å²) in [4.78, 5) is 19.7. The minimum Gasteiger partial charge on any atom is -0.330 e. The van der Waals surface area contributed by atoms with Gasteiger partial charge in [-0.25, -0.2) is 9.78 Å². The molecule has 0 bridgehead atoms. The first-order valence-corrected chi connectivity index (χ1v) is 11.2. The highest BCUT2D eigenvalue weighted by atomic mass is 19.4. The average molecular weight is 500 g/mol. The van der Waals surface area contributed by atoms with Crippen LogP contribution in [0.4, 0.5) is 36.8 Å². The molecule has 5 nitrogen and oxygen atoms in total. The molecule has 1 aromatic carbocycles. The van der Waals surface area contributed by atoms with E-state index < -0.39 is 35.2 Å². The predicted molar refractivity (Wildman–Crippen MR) is 118 cm³/mol. The summed E-state index contributed by atoms with van der Waals surface area (Å²) in [5.41, 5.74) is -1.20. The van der Waals surface area contributed by atoms with Crippen LogP contribution in [0.25, 0.3) is 0 Å². The molecular weight excluding hydrogens is 474 g/mol. The number of anilines is 1. The lowest BCUT2D eigenvalue weighted by atomic mass is 9.70. The van der Waals surface area contributed by atoms with Gasteiger partial charge in [-0.3, -0.25) is 4.90 Å². The summed E-state index contributed by atoms with van der Waals surface area (Å²) >= 11 is 0. The van der Waals surface area contributed by atoms with Crippen LogP contribution in [0.3, 0.4) is 0 Å². The molecule has 3 atom stereocenters. The molecule has 1 aliphatic carbocycles. The SMILES string of the molecule is Cc1cc(C(F)(F)F)ncc1N1CC2(CC[C@H](c3cccc(C(F)(F)F)c3)[C@H](N(C)C)C2)NC1=O. The molecule has 1 aliphatic heterocycles. The van der Waals surface area contributed by atoms with Crippen LogP contribution < -0.4 is 10.2 Å². The van der Waals surface area contributed by atoms with E-state index in [1.165, 1.54) is 24.0 Å². The number of aromatic nitrogens is 1. The van der Waals surface area contributed by atoms with Gasteiger partial charge in [0, 0.05) is 6.04 Å². The number of carbonyl (C=O) groups excluding carboxylic acids is 1. The summed E-state index contributed by atoms with van der Waals surface area (Å²) in [6, 6.07) is 5.69. The quantitative estimate of drug-likeness (QED) is 0.559. The molecule has 1 unspecified atom stereocenters. The number of urea groups is 1. The van der Waals surface area contributed by atoms with Gasteiger partial charge in [-0.2, -0.15) is 26.3 Å². The third kappa shape index (κ3) is 4.96. The third-order valence-corrected chi connectivity index (χ3v) is 7.05. The lowest BCUT2D eigenvalue weighted by Gasteiger charge is -2.45. The summed E-state index contributed by atoms with van der Waals surface area (Å²) in [5, 5.41) is 3.01. The van der Waals surface area contributed by atoms with E-state index in [1.807, 2.05) is 19.0 Å². The first-order chi connectivity index (χ1) is 16.2. The number of halogens is 6. The second-order valence-electron chi connectivity index (χ2n) is 9.65. The number of likely N-dealkylation sites (N-methyl/N-ethyl adjacent to an activating group) is 1. The molecule has 0 radical (unpaired) electrons. The molecule has 1 N–H and O–H groups in total. The van der Waals surface area contributed by atoms with Crippen molar-refractivity contribution in [2.24, 2.45) is 0 Å².